The Morgan fingerprint density at radius 3 is 2.14 bits per heavy atom. The Bertz CT molecular complexity index is 611. The van der Waals surface area contributed by atoms with Crippen LogP contribution in [0.2, 0.25) is 0 Å². The molecule has 118 valence electrons. The van der Waals surface area contributed by atoms with Crippen LogP contribution in [0.25, 0.3) is 0 Å². The highest BCUT2D eigenvalue weighted by Crippen LogP contribution is 2.33. The first-order valence-electron chi connectivity index (χ1n) is 7.94. The number of para-hydroxylation sites is 2. The average Bonchev–Trinajstić information content (AvgIpc) is 2.45. The maximum atomic E-state index is 10.6. The van der Waals surface area contributed by atoms with Crippen LogP contribution in [0.5, 0.6) is 5.75 Å². The first-order valence-corrected chi connectivity index (χ1v) is 7.94. The van der Waals surface area contributed by atoms with Gasteiger partial charge in [-0.2, -0.15) is 0 Å². The van der Waals surface area contributed by atoms with Crippen molar-refractivity contribution in [3.05, 3.63) is 59.7 Å². The molecule has 0 spiro atoms. The van der Waals surface area contributed by atoms with Gasteiger partial charge in [0.15, 0.2) is 0 Å². The van der Waals surface area contributed by atoms with Crippen molar-refractivity contribution in [2.75, 3.05) is 4.90 Å². The summed E-state index contributed by atoms with van der Waals surface area (Å²) in [7, 11) is 0. The Balaban J connectivity index is 2.39. The zero-order chi connectivity index (χ0) is 16.3. The van der Waals surface area contributed by atoms with Crippen molar-refractivity contribution in [2.24, 2.45) is 0 Å². The fourth-order valence-electron chi connectivity index (χ4n) is 2.70. The molecule has 2 heteroatoms. The number of anilines is 1. The van der Waals surface area contributed by atoms with Crippen molar-refractivity contribution in [2.45, 2.75) is 52.6 Å². The summed E-state index contributed by atoms with van der Waals surface area (Å²) in [6.07, 6.45) is 0. The summed E-state index contributed by atoms with van der Waals surface area (Å²) >= 11 is 0. The van der Waals surface area contributed by atoms with Crippen molar-refractivity contribution >= 4 is 5.69 Å². The van der Waals surface area contributed by atoms with Crippen LogP contribution in [-0.4, -0.2) is 10.6 Å². The van der Waals surface area contributed by atoms with Gasteiger partial charge in [-0.3, -0.25) is 0 Å². The molecule has 0 aliphatic carbocycles. The lowest BCUT2D eigenvalue weighted by Gasteiger charge is -2.38. The van der Waals surface area contributed by atoms with E-state index in [1.807, 2.05) is 24.3 Å². The number of benzene rings is 2. The second-order valence-electron chi connectivity index (χ2n) is 7.10. The lowest BCUT2D eigenvalue weighted by Crippen LogP contribution is -2.41. The number of nitrogens with zero attached hydrogens (tertiary/aromatic N) is 1. The van der Waals surface area contributed by atoms with Crippen molar-refractivity contribution in [3.63, 3.8) is 0 Å². The largest absolute Gasteiger partial charge is 0.507 e. The van der Waals surface area contributed by atoms with E-state index < -0.39 is 0 Å². The standard InChI is InChI=1S/C20H27NO/c1-15(2)18-13-9-10-16(19(18)22)14-21(20(3,4)5)17-11-7-6-8-12-17/h6-13,15,22H,14H2,1-5H3. The highest BCUT2D eigenvalue weighted by Gasteiger charge is 2.23. The van der Waals surface area contributed by atoms with Gasteiger partial charge in [-0.1, -0.05) is 50.2 Å². The van der Waals surface area contributed by atoms with E-state index in [1.54, 1.807) is 0 Å². The van der Waals surface area contributed by atoms with Gasteiger partial charge < -0.3 is 10.0 Å². The van der Waals surface area contributed by atoms with E-state index >= 15 is 0 Å². The van der Waals surface area contributed by atoms with E-state index in [0.717, 1.165) is 11.1 Å². The molecule has 0 atom stereocenters. The van der Waals surface area contributed by atoms with Crippen LogP contribution >= 0.6 is 0 Å². The second kappa shape index (κ2) is 6.43. The monoisotopic (exact) mass is 297 g/mol. The summed E-state index contributed by atoms with van der Waals surface area (Å²) in [4.78, 5) is 2.33. The lowest BCUT2D eigenvalue weighted by molar-refractivity contribution is 0.447. The van der Waals surface area contributed by atoms with Crippen LogP contribution in [0, 0.1) is 0 Å². The third-order valence-electron chi connectivity index (χ3n) is 3.98. The molecule has 2 rings (SSSR count). The lowest BCUT2D eigenvalue weighted by atomic mass is 9.97. The Labute approximate surface area is 134 Å². The number of rotatable bonds is 4. The van der Waals surface area contributed by atoms with E-state index in [-0.39, 0.29) is 5.54 Å². The summed E-state index contributed by atoms with van der Waals surface area (Å²) in [5.74, 6) is 0.752. The van der Waals surface area contributed by atoms with Gasteiger partial charge in [-0.25, -0.2) is 0 Å². The van der Waals surface area contributed by atoms with Crippen molar-refractivity contribution in [3.8, 4) is 5.75 Å². The third-order valence-corrected chi connectivity index (χ3v) is 3.98. The molecule has 0 fully saturated rings. The molecule has 1 N–H and O–H groups in total. The molecule has 0 unspecified atom stereocenters. The molecule has 0 saturated heterocycles. The summed E-state index contributed by atoms with van der Waals surface area (Å²) < 4.78 is 0. The number of aromatic hydroxyl groups is 1. The molecule has 0 heterocycles. The van der Waals surface area contributed by atoms with E-state index in [1.165, 1.54) is 5.69 Å². The summed E-state index contributed by atoms with van der Waals surface area (Å²) in [5.41, 5.74) is 3.13. The summed E-state index contributed by atoms with van der Waals surface area (Å²) in [5, 5.41) is 10.6. The second-order valence-corrected chi connectivity index (χ2v) is 7.10. The van der Waals surface area contributed by atoms with E-state index in [4.69, 9.17) is 0 Å². The van der Waals surface area contributed by atoms with E-state index in [2.05, 4.69) is 63.8 Å². The van der Waals surface area contributed by atoms with Gasteiger partial charge in [-0.15, -0.1) is 0 Å². The fourth-order valence-corrected chi connectivity index (χ4v) is 2.70. The molecule has 0 aliphatic heterocycles. The van der Waals surface area contributed by atoms with Gasteiger partial charge in [0, 0.05) is 23.3 Å². The molecular weight excluding hydrogens is 270 g/mol. The molecule has 0 saturated carbocycles. The van der Waals surface area contributed by atoms with Crippen LogP contribution < -0.4 is 4.90 Å². The van der Waals surface area contributed by atoms with Crippen LogP contribution in [0.3, 0.4) is 0 Å². The van der Waals surface area contributed by atoms with Crippen LogP contribution in [-0.2, 0) is 6.54 Å². The first kappa shape index (κ1) is 16.4. The van der Waals surface area contributed by atoms with Crippen LogP contribution in [0.1, 0.15) is 51.7 Å². The van der Waals surface area contributed by atoms with Gasteiger partial charge in [-0.05, 0) is 44.4 Å². The average molecular weight is 297 g/mol. The summed E-state index contributed by atoms with van der Waals surface area (Å²) in [6, 6.07) is 16.4. The smallest absolute Gasteiger partial charge is 0.124 e. The Kier molecular flexibility index (Phi) is 4.80. The molecule has 2 aromatic rings. The van der Waals surface area contributed by atoms with Gasteiger partial charge in [0.25, 0.3) is 0 Å². The molecule has 2 aromatic carbocycles. The van der Waals surface area contributed by atoms with Gasteiger partial charge >= 0.3 is 0 Å². The van der Waals surface area contributed by atoms with Crippen molar-refractivity contribution in [1.29, 1.82) is 0 Å². The molecule has 0 amide bonds. The topological polar surface area (TPSA) is 23.5 Å². The minimum Gasteiger partial charge on any atom is -0.507 e. The minimum absolute atomic E-state index is 0.0262. The van der Waals surface area contributed by atoms with Crippen molar-refractivity contribution in [1.82, 2.24) is 0 Å². The molecule has 0 radical (unpaired) electrons. The zero-order valence-electron chi connectivity index (χ0n) is 14.3. The molecule has 0 aliphatic rings. The van der Waals surface area contributed by atoms with Gasteiger partial charge in [0.1, 0.15) is 5.75 Å². The predicted octanol–water partition coefficient (Wildman–Crippen LogP) is 5.32. The van der Waals surface area contributed by atoms with Crippen LogP contribution in [0.15, 0.2) is 48.5 Å². The van der Waals surface area contributed by atoms with E-state index in [0.29, 0.717) is 18.2 Å². The molecular formula is C20H27NO. The molecule has 0 aromatic heterocycles. The summed E-state index contributed by atoms with van der Waals surface area (Å²) in [6.45, 7) is 11.5. The number of hydrogen-bond donors (Lipinski definition) is 1. The van der Waals surface area contributed by atoms with Gasteiger partial charge in [0.2, 0.25) is 0 Å². The van der Waals surface area contributed by atoms with Crippen LogP contribution in [0.4, 0.5) is 5.69 Å². The maximum Gasteiger partial charge on any atom is 0.124 e. The molecule has 2 nitrogen and oxygen atoms in total. The fraction of sp³-hybridized carbons (Fsp3) is 0.400. The Morgan fingerprint density at radius 1 is 0.955 bits per heavy atom. The number of phenols is 1. The SMILES string of the molecule is CC(C)c1cccc(CN(c2ccccc2)C(C)(C)C)c1O. The predicted molar refractivity (Wildman–Crippen MR) is 94.6 cm³/mol. The van der Waals surface area contributed by atoms with E-state index in [9.17, 15) is 5.11 Å². The Hall–Kier alpha value is -1.96. The third kappa shape index (κ3) is 3.62. The number of hydrogen-bond acceptors (Lipinski definition) is 2. The van der Waals surface area contributed by atoms with Gasteiger partial charge in [0.05, 0.1) is 0 Å². The first-order chi connectivity index (χ1) is 10.3. The zero-order valence-corrected chi connectivity index (χ0v) is 14.3. The molecule has 22 heavy (non-hydrogen) atoms. The Morgan fingerprint density at radius 2 is 1.59 bits per heavy atom. The quantitative estimate of drug-likeness (QED) is 0.825. The highest BCUT2D eigenvalue weighted by molar-refractivity contribution is 5.51. The normalized spacial score (nSPS) is 11.7. The minimum atomic E-state index is -0.0262. The maximum absolute atomic E-state index is 10.6. The molecule has 0 bridgehead atoms. The number of phenolic OH excluding ortho intramolecular Hbond substituents is 1. The van der Waals surface area contributed by atoms with Crippen molar-refractivity contribution < 1.29 is 5.11 Å². The highest BCUT2D eigenvalue weighted by atomic mass is 16.3.